The highest BCUT2D eigenvalue weighted by Crippen LogP contribution is 2.37. The molecule has 0 radical (unpaired) electrons. The molecule has 158 valence electrons. The number of halogens is 1. The maximum atomic E-state index is 11.9. The van der Waals surface area contributed by atoms with Crippen LogP contribution >= 0.6 is 24.0 Å². The van der Waals surface area contributed by atoms with Gasteiger partial charge in [0.05, 0.1) is 6.54 Å². The Balaban J connectivity index is 0.00000364. The maximum absolute atomic E-state index is 11.9. The van der Waals surface area contributed by atoms with Crippen LogP contribution in [0, 0.1) is 5.41 Å². The summed E-state index contributed by atoms with van der Waals surface area (Å²) >= 11 is 0. The number of nitrogens with one attached hydrogen (secondary N) is 3. The minimum Gasteiger partial charge on any atom is -0.357 e. The molecule has 0 spiro atoms. The third-order valence-electron chi connectivity index (χ3n) is 5.64. The molecule has 1 aliphatic carbocycles. The van der Waals surface area contributed by atoms with E-state index in [1.807, 2.05) is 0 Å². The third kappa shape index (κ3) is 8.98. The van der Waals surface area contributed by atoms with Crippen molar-refractivity contribution in [1.82, 2.24) is 20.9 Å². The lowest BCUT2D eigenvalue weighted by atomic mass is 9.89. The summed E-state index contributed by atoms with van der Waals surface area (Å²) < 4.78 is 0. The second kappa shape index (κ2) is 12.8. The Morgan fingerprint density at radius 3 is 2.41 bits per heavy atom. The molecule has 2 fully saturated rings. The van der Waals surface area contributed by atoms with Crippen molar-refractivity contribution in [2.75, 3.05) is 39.3 Å². The fourth-order valence-electron chi connectivity index (χ4n) is 3.93. The van der Waals surface area contributed by atoms with E-state index < -0.39 is 0 Å². The molecule has 2 aliphatic rings. The summed E-state index contributed by atoms with van der Waals surface area (Å²) in [6.07, 6.45) is 8.40. The van der Waals surface area contributed by atoms with Crippen LogP contribution in [-0.4, -0.2) is 62.1 Å². The Labute approximate surface area is 182 Å². The van der Waals surface area contributed by atoms with E-state index >= 15 is 0 Å². The van der Waals surface area contributed by atoms with Gasteiger partial charge in [-0.1, -0.05) is 26.7 Å². The number of guanidine groups is 1. The first-order valence-electron chi connectivity index (χ1n) is 10.6. The monoisotopic (exact) mass is 493 g/mol. The summed E-state index contributed by atoms with van der Waals surface area (Å²) in [7, 11) is 0. The molecule has 0 aromatic carbocycles. The molecule has 2 rings (SSSR count). The SMILES string of the molecule is CCCNC(=O)CN1CCC(NC(=NCC2(C)CCCC2)NCC)CC1.I. The number of likely N-dealkylation sites (tertiary alicyclic amines) is 1. The van der Waals surface area contributed by atoms with Gasteiger partial charge in [0, 0.05) is 38.8 Å². The minimum absolute atomic E-state index is 0. The van der Waals surface area contributed by atoms with E-state index in [0.717, 1.165) is 57.9 Å². The van der Waals surface area contributed by atoms with Gasteiger partial charge in [-0.25, -0.2) is 0 Å². The second-order valence-electron chi connectivity index (χ2n) is 8.26. The zero-order chi connectivity index (χ0) is 18.8. The molecule has 3 N–H and O–H groups in total. The Hall–Kier alpha value is -0.570. The summed E-state index contributed by atoms with van der Waals surface area (Å²) in [6.45, 7) is 11.6. The minimum atomic E-state index is 0. The van der Waals surface area contributed by atoms with E-state index in [1.165, 1.54) is 25.7 Å². The largest absolute Gasteiger partial charge is 0.357 e. The van der Waals surface area contributed by atoms with E-state index in [-0.39, 0.29) is 29.9 Å². The number of nitrogens with zero attached hydrogens (tertiary/aromatic N) is 2. The molecule has 6 nitrogen and oxygen atoms in total. The van der Waals surface area contributed by atoms with E-state index in [1.54, 1.807) is 0 Å². The van der Waals surface area contributed by atoms with Crippen LogP contribution in [0.2, 0.25) is 0 Å². The Morgan fingerprint density at radius 1 is 1.15 bits per heavy atom. The highest BCUT2D eigenvalue weighted by molar-refractivity contribution is 14.0. The average Bonchev–Trinajstić information content (AvgIpc) is 3.07. The van der Waals surface area contributed by atoms with Gasteiger partial charge in [0.1, 0.15) is 0 Å². The van der Waals surface area contributed by atoms with Gasteiger partial charge in [0.25, 0.3) is 0 Å². The molecule has 27 heavy (non-hydrogen) atoms. The van der Waals surface area contributed by atoms with E-state index in [0.29, 0.717) is 18.0 Å². The lowest BCUT2D eigenvalue weighted by Crippen LogP contribution is -2.50. The first-order valence-corrected chi connectivity index (χ1v) is 10.6. The predicted octanol–water partition coefficient (Wildman–Crippen LogP) is 2.73. The van der Waals surface area contributed by atoms with Crippen molar-refractivity contribution in [2.24, 2.45) is 10.4 Å². The standard InChI is InChI=1S/C20H39N5O.HI/c1-4-12-22-18(26)15-25-13-8-17(9-14-25)24-19(21-5-2)23-16-20(3)10-6-7-11-20;/h17H,4-16H2,1-3H3,(H,22,26)(H2,21,23,24);1H. The van der Waals surface area contributed by atoms with Crippen LogP contribution in [0.4, 0.5) is 0 Å². The topological polar surface area (TPSA) is 68.8 Å². The average molecular weight is 493 g/mol. The molecule has 0 bridgehead atoms. The summed E-state index contributed by atoms with van der Waals surface area (Å²) in [5.41, 5.74) is 0.386. The lowest BCUT2D eigenvalue weighted by molar-refractivity contribution is -0.122. The maximum Gasteiger partial charge on any atom is 0.234 e. The zero-order valence-electron chi connectivity index (χ0n) is 17.5. The third-order valence-corrected chi connectivity index (χ3v) is 5.64. The van der Waals surface area contributed by atoms with Crippen molar-refractivity contribution in [3.05, 3.63) is 0 Å². The van der Waals surface area contributed by atoms with E-state index in [4.69, 9.17) is 4.99 Å². The summed E-state index contributed by atoms with van der Waals surface area (Å²) in [4.78, 5) is 19.0. The molecule has 0 atom stereocenters. The van der Waals surface area contributed by atoms with Gasteiger partial charge >= 0.3 is 0 Å². The van der Waals surface area contributed by atoms with Gasteiger partial charge < -0.3 is 16.0 Å². The van der Waals surface area contributed by atoms with Gasteiger partial charge in [-0.2, -0.15) is 0 Å². The number of aliphatic imine (C=N–C) groups is 1. The summed E-state index contributed by atoms with van der Waals surface area (Å²) in [6, 6.07) is 0.444. The first-order chi connectivity index (χ1) is 12.5. The highest BCUT2D eigenvalue weighted by atomic mass is 127. The summed E-state index contributed by atoms with van der Waals surface area (Å²) in [5.74, 6) is 1.11. The molecule has 1 aliphatic heterocycles. The van der Waals surface area contributed by atoms with E-state index in [2.05, 4.69) is 41.6 Å². The van der Waals surface area contributed by atoms with Gasteiger partial charge in [-0.15, -0.1) is 24.0 Å². The zero-order valence-corrected chi connectivity index (χ0v) is 19.8. The van der Waals surface area contributed by atoms with Crippen LogP contribution in [0.5, 0.6) is 0 Å². The smallest absolute Gasteiger partial charge is 0.234 e. The van der Waals surface area contributed by atoms with Crippen molar-refractivity contribution in [1.29, 1.82) is 0 Å². The molecule has 1 saturated heterocycles. The number of carbonyl (C=O) groups excluding carboxylic acids is 1. The molecule has 0 unspecified atom stereocenters. The van der Waals surface area contributed by atoms with Gasteiger partial charge in [0.15, 0.2) is 5.96 Å². The summed E-state index contributed by atoms with van der Waals surface area (Å²) in [5, 5.41) is 9.98. The number of hydrogen-bond acceptors (Lipinski definition) is 3. The fourth-order valence-corrected chi connectivity index (χ4v) is 3.93. The first kappa shape index (κ1) is 24.5. The molecular formula is C20H40IN5O. The van der Waals surface area contributed by atoms with Crippen LogP contribution < -0.4 is 16.0 Å². The number of piperidine rings is 1. The van der Waals surface area contributed by atoms with Gasteiger partial charge in [-0.05, 0) is 44.4 Å². The predicted molar refractivity (Wildman–Crippen MR) is 124 cm³/mol. The fraction of sp³-hybridized carbons (Fsp3) is 0.900. The van der Waals surface area contributed by atoms with Crippen molar-refractivity contribution in [3.8, 4) is 0 Å². The molecule has 1 amide bonds. The molecule has 1 saturated carbocycles. The van der Waals surface area contributed by atoms with E-state index in [9.17, 15) is 4.79 Å². The van der Waals surface area contributed by atoms with Crippen LogP contribution in [-0.2, 0) is 4.79 Å². The Kier molecular flexibility index (Phi) is 11.6. The number of rotatable bonds is 8. The van der Waals surface area contributed by atoms with Crippen LogP contribution in [0.1, 0.15) is 65.7 Å². The van der Waals surface area contributed by atoms with Crippen molar-refractivity contribution >= 4 is 35.8 Å². The lowest BCUT2D eigenvalue weighted by Gasteiger charge is -2.33. The van der Waals surface area contributed by atoms with Crippen molar-refractivity contribution < 1.29 is 4.79 Å². The second-order valence-corrected chi connectivity index (χ2v) is 8.26. The molecule has 7 heteroatoms. The quantitative estimate of drug-likeness (QED) is 0.276. The van der Waals surface area contributed by atoms with Gasteiger partial charge in [-0.3, -0.25) is 14.7 Å². The Bertz CT molecular complexity index is 457. The van der Waals surface area contributed by atoms with Crippen LogP contribution in [0.3, 0.4) is 0 Å². The number of carbonyl (C=O) groups is 1. The molecular weight excluding hydrogens is 453 g/mol. The normalized spacial score (nSPS) is 20.8. The van der Waals surface area contributed by atoms with Crippen molar-refractivity contribution in [3.63, 3.8) is 0 Å². The number of hydrogen-bond donors (Lipinski definition) is 3. The number of amides is 1. The van der Waals surface area contributed by atoms with Crippen LogP contribution in [0.15, 0.2) is 4.99 Å². The highest BCUT2D eigenvalue weighted by Gasteiger charge is 2.28. The van der Waals surface area contributed by atoms with Gasteiger partial charge in [0.2, 0.25) is 5.91 Å². The van der Waals surface area contributed by atoms with Crippen LogP contribution in [0.25, 0.3) is 0 Å². The molecule has 0 aromatic rings. The van der Waals surface area contributed by atoms with Crippen molar-refractivity contribution in [2.45, 2.75) is 71.8 Å². The molecule has 1 heterocycles. The Morgan fingerprint density at radius 2 is 1.81 bits per heavy atom. The molecule has 0 aromatic heterocycles.